The number of nitrogens with zero attached hydrogens (tertiary/aromatic N) is 5. The molecule has 1 fully saturated rings. The first-order chi connectivity index (χ1) is 11.6. The normalized spacial score (nSPS) is 18.2. The van der Waals surface area contributed by atoms with Gasteiger partial charge in [0.1, 0.15) is 5.82 Å². The summed E-state index contributed by atoms with van der Waals surface area (Å²) in [5, 5.41) is 11.9. The minimum absolute atomic E-state index is 0.0576. The number of urea groups is 1. The summed E-state index contributed by atoms with van der Waals surface area (Å²) in [6.07, 6.45) is 3.84. The van der Waals surface area contributed by atoms with Crippen molar-refractivity contribution in [3.8, 4) is 0 Å². The van der Waals surface area contributed by atoms with Gasteiger partial charge < -0.3 is 10.0 Å². The number of carbonyl (C=O) groups excluding carboxylic acids is 1. The molecular formula is C15H14N6O3. The molecule has 0 aromatic carbocycles. The van der Waals surface area contributed by atoms with Crippen LogP contribution in [0.1, 0.15) is 17.0 Å². The van der Waals surface area contributed by atoms with E-state index in [2.05, 4.69) is 25.2 Å². The van der Waals surface area contributed by atoms with Crippen molar-refractivity contribution in [2.24, 2.45) is 0 Å². The van der Waals surface area contributed by atoms with Crippen molar-refractivity contribution in [3.63, 3.8) is 0 Å². The summed E-state index contributed by atoms with van der Waals surface area (Å²) in [7, 11) is 0. The van der Waals surface area contributed by atoms with Crippen molar-refractivity contribution >= 4 is 29.3 Å². The molecule has 0 aliphatic carbocycles. The molecule has 2 bridgehead atoms. The lowest BCUT2D eigenvalue weighted by Gasteiger charge is -2.35. The molecule has 0 radical (unpaired) electrons. The van der Waals surface area contributed by atoms with E-state index in [-0.39, 0.29) is 17.9 Å². The summed E-state index contributed by atoms with van der Waals surface area (Å²) >= 11 is 0. The van der Waals surface area contributed by atoms with Crippen molar-refractivity contribution in [3.05, 3.63) is 36.4 Å². The Kier molecular flexibility index (Phi) is 3.26. The molecule has 9 heteroatoms. The molecule has 1 saturated heterocycles. The third-order valence-electron chi connectivity index (χ3n) is 4.16. The predicted octanol–water partition coefficient (Wildman–Crippen LogP) is 1.20. The zero-order chi connectivity index (χ0) is 16.7. The molecule has 2 amide bonds. The minimum Gasteiger partial charge on any atom is -0.475 e. The molecule has 4 heterocycles. The van der Waals surface area contributed by atoms with E-state index in [1.54, 1.807) is 24.4 Å². The van der Waals surface area contributed by atoms with E-state index >= 15 is 0 Å². The number of hydrogen-bond donors (Lipinski definition) is 2. The molecule has 2 aliphatic rings. The lowest BCUT2D eigenvalue weighted by molar-refractivity contribution is 0.0683. The van der Waals surface area contributed by atoms with Crippen LogP contribution in [0.15, 0.2) is 30.6 Å². The molecule has 4 rings (SSSR count). The molecule has 1 atom stereocenters. The van der Waals surface area contributed by atoms with E-state index in [1.807, 2.05) is 0 Å². The Morgan fingerprint density at radius 3 is 2.92 bits per heavy atom. The van der Waals surface area contributed by atoms with Gasteiger partial charge in [0.25, 0.3) is 0 Å². The van der Waals surface area contributed by atoms with Crippen LogP contribution in [-0.4, -0.2) is 51.2 Å². The first-order valence-electron chi connectivity index (χ1n) is 7.50. The van der Waals surface area contributed by atoms with Gasteiger partial charge >= 0.3 is 12.0 Å². The third kappa shape index (κ3) is 2.30. The Labute approximate surface area is 137 Å². The molecule has 24 heavy (non-hydrogen) atoms. The van der Waals surface area contributed by atoms with E-state index in [4.69, 9.17) is 5.11 Å². The van der Waals surface area contributed by atoms with Crippen LogP contribution in [0.5, 0.6) is 0 Å². The highest BCUT2D eigenvalue weighted by molar-refractivity contribution is 6.04. The zero-order valence-corrected chi connectivity index (χ0v) is 12.6. The van der Waals surface area contributed by atoms with Gasteiger partial charge in [0.2, 0.25) is 5.82 Å². The van der Waals surface area contributed by atoms with E-state index in [0.717, 1.165) is 13.0 Å². The van der Waals surface area contributed by atoms with Gasteiger partial charge in [-0.25, -0.2) is 24.5 Å². The lowest BCUT2D eigenvalue weighted by atomic mass is 10.2. The second kappa shape index (κ2) is 5.44. The van der Waals surface area contributed by atoms with Gasteiger partial charge in [-0.15, -0.1) is 0 Å². The summed E-state index contributed by atoms with van der Waals surface area (Å²) in [4.78, 5) is 39.5. The molecule has 1 unspecified atom stereocenters. The Balaban J connectivity index is 1.72. The van der Waals surface area contributed by atoms with Crippen molar-refractivity contribution in [2.45, 2.75) is 12.5 Å². The molecule has 2 N–H and O–H groups in total. The number of fused-ring (bicyclic) bond motifs is 4. The van der Waals surface area contributed by atoms with Crippen LogP contribution in [0, 0.1) is 0 Å². The number of carboxylic acid groups (broad SMARTS) is 1. The number of pyridine rings is 1. The van der Waals surface area contributed by atoms with Crippen LogP contribution >= 0.6 is 0 Å². The number of aromatic carboxylic acids is 1. The van der Waals surface area contributed by atoms with E-state index < -0.39 is 5.97 Å². The summed E-state index contributed by atoms with van der Waals surface area (Å²) in [5.41, 5.74) is 0.671. The lowest BCUT2D eigenvalue weighted by Crippen LogP contribution is -2.48. The van der Waals surface area contributed by atoms with Crippen LogP contribution < -0.4 is 15.1 Å². The van der Waals surface area contributed by atoms with Gasteiger partial charge in [0.15, 0.2) is 5.82 Å². The van der Waals surface area contributed by atoms with Gasteiger partial charge in [0.05, 0.1) is 17.9 Å². The summed E-state index contributed by atoms with van der Waals surface area (Å²) in [6, 6.07) is 4.78. The number of anilines is 3. The fourth-order valence-corrected chi connectivity index (χ4v) is 3.08. The smallest absolute Gasteiger partial charge is 0.374 e. The van der Waals surface area contributed by atoms with Crippen LogP contribution in [0.2, 0.25) is 0 Å². The molecule has 0 saturated carbocycles. The molecule has 2 aliphatic heterocycles. The zero-order valence-electron chi connectivity index (χ0n) is 12.6. The number of hydrogen-bond acceptors (Lipinski definition) is 6. The Hall–Kier alpha value is -3.23. The Bertz CT molecular complexity index is 812. The number of amides is 2. The van der Waals surface area contributed by atoms with Crippen LogP contribution in [0.25, 0.3) is 0 Å². The fraction of sp³-hybridized carbons (Fsp3) is 0.267. The SMILES string of the molecule is O=C(O)c1ncc2c(n1)N(C(=O)Nc1ccccn1)C1CCN2C1. The third-order valence-corrected chi connectivity index (χ3v) is 4.16. The van der Waals surface area contributed by atoms with Gasteiger partial charge in [-0.2, -0.15) is 0 Å². The summed E-state index contributed by atoms with van der Waals surface area (Å²) < 4.78 is 0. The minimum atomic E-state index is -1.23. The predicted molar refractivity (Wildman–Crippen MR) is 85.3 cm³/mol. The van der Waals surface area contributed by atoms with Gasteiger partial charge in [-0.3, -0.25) is 10.2 Å². The van der Waals surface area contributed by atoms with E-state index in [1.165, 1.54) is 11.1 Å². The van der Waals surface area contributed by atoms with Gasteiger partial charge in [-0.05, 0) is 18.6 Å². The van der Waals surface area contributed by atoms with Crippen molar-refractivity contribution in [1.82, 2.24) is 15.0 Å². The maximum atomic E-state index is 12.7. The van der Waals surface area contributed by atoms with Crippen molar-refractivity contribution < 1.29 is 14.7 Å². The first kappa shape index (κ1) is 14.4. The second-order valence-corrected chi connectivity index (χ2v) is 5.61. The maximum Gasteiger partial charge on any atom is 0.374 e. The van der Waals surface area contributed by atoms with Gasteiger partial charge in [-0.1, -0.05) is 6.07 Å². The van der Waals surface area contributed by atoms with Gasteiger partial charge in [0, 0.05) is 19.3 Å². The van der Waals surface area contributed by atoms with Crippen LogP contribution in [-0.2, 0) is 0 Å². The van der Waals surface area contributed by atoms with Crippen LogP contribution in [0.4, 0.5) is 22.1 Å². The molecule has 9 nitrogen and oxygen atoms in total. The molecule has 122 valence electrons. The first-order valence-corrected chi connectivity index (χ1v) is 7.50. The van der Waals surface area contributed by atoms with Crippen molar-refractivity contribution in [2.75, 3.05) is 28.2 Å². The topological polar surface area (TPSA) is 112 Å². The number of carbonyl (C=O) groups is 2. The van der Waals surface area contributed by atoms with E-state index in [0.29, 0.717) is 23.9 Å². The largest absolute Gasteiger partial charge is 0.475 e. The van der Waals surface area contributed by atoms with E-state index in [9.17, 15) is 9.59 Å². The number of nitrogens with one attached hydrogen (secondary N) is 1. The fourth-order valence-electron chi connectivity index (χ4n) is 3.08. The molecule has 2 aromatic rings. The highest BCUT2D eigenvalue weighted by Crippen LogP contribution is 2.38. The average molecular weight is 326 g/mol. The quantitative estimate of drug-likeness (QED) is 0.853. The Morgan fingerprint density at radius 2 is 2.17 bits per heavy atom. The van der Waals surface area contributed by atoms with Crippen LogP contribution in [0.3, 0.4) is 0 Å². The van der Waals surface area contributed by atoms with Crippen molar-refractivity contribution in [1.29, 1.82) is 0 Å². The standard InChI is InChI=1S/C15H14N6O3/c22-14(23)12-17-7-10-13(19-12)21(9-4-6-20(10)8-9)15(24)18-11-3-1-2-5-16-11/h1-3,5,7,9H,4,6,8H2,(H,22,23)(H,16,18,24). The second-order valence-electron chi connectivity index (χ2n) is 5.61. The molecule has 2 aromatic heterocycles. The number of rotatable bonds is 2. The highest BCUT2D eigenvalue weighted by Gasteiger charge is 2.41. The summed E-state index contributed by atoms with van der Waals surface area (Å²) in [5.74, 6) is -0.802. The summed E-state index contributed by atoms with van der Waals surface area (Å²) in [6.45, 7) is 1.46. The number of carboxylic acids is 1. The monoisotopic (exact) mass is 326 g/mol. The Morgan fingerprint density at radius 1 is 1.29 bits per heavy atom. The molecule has 0 spiro atoms. The highest BCUT2D eigenvalue weighted by atomic mass is 16.4. The number of aromatic nitrogens is 3. The average Bonchev–Trinajstić information content (AvgIpc) is 3.00. The maximum absolute atomic E-state index is 12.7. The molecular weight excluding hydrogens is 312 g/mol.